The molecule has 0 aliphatic rings. The van der Waals surface area contributed by atoms with E-state index in [-0.39, 0.29) is 10.8 Å². The lowest BCUT2D eigenvalue weighted by Crippen LogP contribution is -2.32. The third-order valence-electron chi connectivity index (χ3n) is 4.83. The van der Waals surface area contributed by atoms with Crippen molar-refractivity contribution in [3.8, 4) is 5.75 Å². The third kappa shape index (κ3) is 5.81. The van der Waals surface area contributed by atoms with Crippen LogP contribution in [0.15, 0.2) is 71.6 Å². The Kier molecular flexibility index (Phi) is 7.43. The number of amides is 1. The van der Waals surface area contributed by atoms with E-state index in [0.29, 0.717) is 28.6 Å². The van der Waals surface area contributed by atoms with Crippen LogP contribution < -0.4 is 14.8 Å². The fraction of sp³-hybridized carbons (Fsp3) is 0.208. The highest BCUT2D eigenvalue weighted by Crippen LogP contribution is 2.26. The van der Waals surface area contributed by atoms with E-state index < -0.39 is 16.1 Å². The van der Waals surface area contributed by atoms with E-state index in [2.05, 4.69) is 10.0 Å². The normalized spacial score (nSPS) is 12.1. The van der Waals surface area contributed by atoms with Gasteiger partial charge in [-0.1, -0.05) is 48.4 Å². The summed E-state index contributed by atoms with van der Waals surface area (Å²) in [5.41, 5.74) is 2.87. The molecule has 1 amide bonds. The molecule has 32 heavy (non-hydrogen) atoms. The van der Waals surface area contributed by atoms with Crippen LogP contribution in [0, 0.1) is 13.8 Å². The van der Waals surface area contributed by atoms with Crippen LogP contribution in [0.4, 0.5) is 11.4 Å². The van der Waals surface area contributed by atoms with Gasteiger partial charge in [0.2, 0.25) is 0 Å². The number of nitrogens with one attached hydrogen (secondary N) is 2. The Balaban J connectivity index is 1.69. The van der Waals surface area contributed by atoms with E-state index >= 15 is 0 Å². The van der Waals surface area contributed by atoms with Gasteiger partial charge in [-0.25, -0.2) is 8.42 Å². The van der Waals surface area contributed by atoms with Crippen LogP contribution in [0.2, 0.25) is 5.02 Å². The third-order valence-corrected chi connectivity index (χ3v) is 6.52. The molecule has 0 heterocycles. The molecule has 0 aliphatic heterocycles. The topological polar surface area (TPSA) is 84.5 Å². The van der Waals surface area contributed by atoms with Gasteiger partial charge < -0.3 is 10.1 Å². The lowest BCUT2D eigenvalue weighted by Gasteiger charge is -2.18. The molecule has 0 aliphatic carbocycles. The summed E-state index contributed by atoms with van der Waals surface area (Å²) in [5.74, 6) is 0.0755. The van der Waals surface area contributed by atoms with Crippen molar-refractivity contribution in [2.24, 2.45) is 0 Å². The Morgan fingerprint density at radius 2 is 1.72 bits per heavy atom. The number of anilines is 2. The van der Waals surface area contributed by atoms with Crippen LogP contribution in [-0.4, -0.2) is 20.4 Å². The van der Waals surface area contributed by atoms with Crippen molar-refractivity contribution >= 4 is 38.9 Å². The molecule has 168 valence electrons. The van der Waals surface area contributed by atoms with Gasteiger partial charge in [0.1, 0.15) is 5.75 Å². The molecular formula is C24H25ClN2O4S. The SMILES string of the molecule is CC[C@H](Oc1ccccc1Cl)C(=O)Nc1ccc(S(=O)(=O)Nc2ccc(C)cc2C)cc1. The minimum absolute atomic E-state index is 0.0924. The number of halogens is 1. The van der Waals surface area contributed by atoms with E-state index in [1.54, 1.807) is 30.3 Å². The van der Waals surface area contributed by atoms with Crippen LogP contribution >= 0.6 is 11.6 Å². The molecule has 3 aromatic carbocycles. The quantitative estimate of drug-likeness (QED) is 0.450. The highest BCUT2D eigenvalue weighted by Gasteiger charge is 2.20. The second-order valence-corrected chi connectivity index (χ2v) is 9.47. The fourth-order valence-corrected chi connectivity index (χ4v) is 4.40. The first-order chi connectivity index (χ1) is 15.2. The van der Waals surface area contributed by atoms with E-state index in [1.807, 2.05) is 32.9 Å². The van der Waals surface area contributed by atoms with Crippen molar-refractivity contribution in [1.29, 1.82) is 0 Å². The van der Waals surface area contributed by atoms with Gasteiger partial charge in [-0.3, -0.25) is 9.52 Å². The smallest absolute Gasteiger partial charge is 0.265 e. The van der Waals surface area contributed by atoms with Gasteiger partial charge in [0, 0.05) is 5.69 Å². The van der Waals surface area contributed by atoms with Crippen molar-refractivity contribution in [1.82, 2.24) is 0 Å². The fourth-order valence-electron chi connectivity index (χ4n) is 3.09. The van der Waals surface area contributed by atoms with Gasteiger partial charge in [0.05, 0.1) is 15.6 Å². The largest absolute Gasteiger partial charge is 0.479 e. The second-order valence-electron chi connectivity index (χ2n) is 7.38. The number of hydrogen-bond acceptors (Lipinski definition) is 4. The zero-order valence-corrected chi connectivity index (χ0v) is 19.6. The summed E-state index contributed by atoms with van der Waals surface area (Å²) in [4.78, 5) is 12.7. The maximum Gasteiger partial charge on any atom is 0.265 e. The molecule has 0 aromatic heterocycles. The highest BCUT2D eigenvalue weighted by atomic mass is 35.5. The molecule has 0 saturated carbocycles. The Bertz CT molecular complexity index is 1210. The molecule has 0 spiro atoms. The monoisotopic (exact) mass is 472 g/mol. The van der Waals surface area contributed by atoms with E-state index in [4.69, 9.17) is 16.3 Å². The molecule has 0 radical (unpaired) electrons. The number of aryl methyl sites for hydroxylation is 2. The lowest BCUT2D eigenvalue weighted by molar-refractivity contribution is -0.122. The minimum atomic E-state index is -3.76. The van der Waals surface area contributed by atoms with Crippen molar-refractivity contribution in [3.05, 3.63) is 82.9 Å². The molecule has 3 aromatic rings. The summed E-state index contributed by atoms with van der Waals surface area (Å²) in [7, 11) is -3.76. The summed E-state index contributed by atoms with van der Waals surface area (Å²) < 4.78 is 33.8. The Labute approximate surface area is 193 Å². The maximum atomic E-state index is 12.7. The van der Waals surface area contributed by atoms with Crippen molar-refractivity contribution in [2.75, 3.05) is 10.0 Å². The van der Waals surface area contributed by atoms with Crippen molar-refractivity contribution in [3.63, 3.8) is 0 Å². The molecule has 3 rings (SSSR count). The van der Waals surface area contributed by atoms with E-state index in [0.717, 1.165) is 11.1 Å². The maximum absolute atomic E-state index is 12.7. The first-order valence-electron chi connectivity index (χ1n) is 10.1. The average molecular weight is 473 g/mol. The summed E-state index contributed by atoms with van der Waals surface area (Å²) in [5, 5.41) is 3.18. The zero-order chi connectivity index (χ0) is 23.3. The molecule has 2 N–H and O–H groups in total. The Morgan fingerprint density at radius 1 is 1.03 bits per heavy atom. The molecule has 0 fully saturated rings. The first-order valence-corrected chi connectivity index (χ1v) is 12.0. The molecular weight excluding hydrogens is 448 g/mol. The first kappa shape index (κ1) is 23.6. The predicted molar refractivity (Wildman–Crippen MR) is 128 cm³/mol. The second kappa shape index (κ2) is 10.1. The van der Waals surface area contributed by atoms with Crippen LogP contribution in [0.5, 0.6) is 5.75 Å². The van der Waals surface area contributed by atoms with Crippen LogP contribution in [0.3, 0.4) is 0 Å². The molecule has 6 nitrogen and oxygen atoms in total. The predicted octanol–water partition coefficient (Wildman–Crippen LogP) is 5.55. The van der Waals surface area contributed by atoms with Crippen LogP contribution in [0.25, 0.3) is 0 Å². The summed E-state index contributed by atoms with van der Waals surface area (Å²) in [6.45, 7) is 5.62. The number of benzene rings is 3. The zero-order valence-electron chi connectivity index (χ0n) is 18.1. The Morgan fingerprint density at radius 3 is 2.34 bits per heavy atom. The number of carbonyl (C=O) groups is 1. The van der Waals surface area contributed by atoms with Gasteiger partial charge in [0.15, 0.2) is 6.10 Å². The standard InChI is InChI=1S/C24H25ClN2O4S/c1-4-22(31-23-8-6-5-7-20(23)25)24(28)26-18-10-12-19(13-11-18)32(29,30)27-21-14-9-16(2)15-17(21)3/h5-15,22,27H,4H2,1-3H3,(H,26,28)/t22-/m0/s1. The minimum Gasteiger partial charge on any atom is -0.479 e. The summed E-state index contributed by atoms with van der Waals surface area (Å²) in [6.07, 6.45) is -0.312. The van der Waals surface area contributed by atoms with Gasteiger partial charge >= 0.3 is 0 Å². The highest BCUT2D eigenvalue weighted by molar-refractivity contribution is 7.92. The van der Waals surface area contributed by atoms with Crippen LogP contribution in [-0.2, 0) is 14.8 Å². The van der Waals surface area contributed by atoms with Crippen molar-refractivity contribution < 1.29 is 17.9 Å². The summed E-state index contributed by atoms with van der Waals surface area (Å²) in [6, 6.07) is 18.4. The number of hydrogen-bond donors (Lipinski definition) is 2. The molecule has 0 unspecified atom stereocenters. The van der Waals surface area contributed by atoms with Gasteiger partial charge in [-0.05, 0) is 68.3 Å². The molecule has 0 bridgehead atoms. The van der Waals surface area contributed by atoms with Crippen LogP contribution in [0.1, 0.15) is 24.5 Å². The Hall–Kier alpha value is -3.03. The summed E-state index contributed by atoms with van der Waals surface area (Å²) >= 11 is 6.11. The van der Waals surface area contributed by atoms with Gasteiger partial charge in [-0.15, -0.1) is 0 Å². The lowest BCUT2D eigenvalue weighted by atomic mass is 10.1. The van der Waals surface area contributed by atoms with Crippen molar-refractivity contribution in [2.45, 2.75) is 38.2 Å². The van der Waals surface area contributed by atoms with E-state index in [1.165, 1.54) is 24.3 Å². The number of rotatable bonds is 8. The average Bonchev–Trinajstić information content (AvgIpc) is 2.75. The molecule has 8 heteroatoms. The van der Waals surface area contributed by atoms with Gasteiger partial charge in [-0.2, -0.15) is 0 Å². The van der Waals surface area contributed by atoms with Gasteiger partial charge in [0.25, 0.3) is 15.9 Å². The number of para-hydroxylation sites is 1. The molecule has 1 atom stereocenters. The molecule has 0 saturated heterocycles. The number of ether oxygens (including phenoxy) is 1. The number of carbonyl (C=O) groups excluding carboxylic acids is 1. The number of sulfonamides is 1. The van der Waals surface area contributed by atoms with E-state index in [9.17, 15) is 13.2 Å².